The molecular formula is C26H26N6O2S. The summed E-state index contributed by atoms with van der Waals surface area (Å²) in [6.07, 6.45) is 1.83. The fourth-order valence-electron chi connectivity index (χ4n) is 4.06. The van der Waals surface area contributed by atoms with Crippen molar-refractivity contribution in [2.75, 3.05) is 23.7 Å². The van der Waals surface area contributed by atoms with Crippen LogP contribution in [0.2, 0.25) is 0 Å². The molecule has 5 rings (SSSR count). The van der Waals surface area contributed by atoms with Crippen molar-refractivity contribution in [3.63, 3.8) is 0 Å². The van der Waals surface area contributed by atoms with E-state index in [2.05, 4.69) is 26.3 Å². The highest BCUT2D eigenvalue weighted by Crippen LogP contribution is 2.28. The van der Waals surface area contributed by atoms with Gasteiger partial charge < -0.3 is 16.0 Å². The van der Waals surface area contributed by atoms with E-state index in [1.54, 1.807) is 6.07 Å². The van der Waals surface area contributed by atoms with Gasteiger partial charge in [0.2, 0.25) is 0 Å². The molecule has 4 aromatic rings. The SMILES string of the molecule is Cc1cccc(NC(=O)c2cccc(-c3ccc4nc(NC(=O)NC5CCNCC5)sc4n3)c2)c1. The number of amides is 3. The van der Waals surface area contributed by atoms with Gasteiger partial charge in [-0.2, -0.15) is 0 Å². The highest BCUT2D eigenvalue weighted by Gasteiger charge is 2.17. The molecule has 9 heteroatoms. The molecule has 0 unspecified atom stereocenters. The average molecular weight is 487 g/mol. The molecule has 3 amide bonds. The van der Waals surface area contributed by atoms with E-state index < -0.39 is 0 Å². The van der Waals surface area contributed by atoms with Crippen molar-refractivity contribution in [3.8, 4) is 11.3 Å². The monoisotopic (exact) mass is 486 g/mol. The zero-order valence-corrected chi connectivity index (χ0v) is 20.1. The van der Waals surface area contributed by atoms with Gasteiger partial charge in [0, 0.05) is 22.9 Å². The largest absolute Gasteiger partial charge is 0.335 e. The second-order valence-corrected chi connectivity index (χ2v) is 9.54. The number of carbonyl (C=O) groups is 2. The van der Waals surface area contributed by atoms with E-state index in [4.69, 9.17) is 4.98 Å². The van der Waals surface area contributed by atoms with Crippen molar-refractivity contribution in [2.45, 2.75) is 25.8 Å². The lowest BCUT2D eigenvalue weighted by atomic mass is 10.1. The van der Waals surface area contributed by atoms with Crippen LogP contribution in [0.4, 0.5) is 15.6 Å². The third-order valence-electron chi connectivity index (χ3n) is 5.85. The van der Waals surface area contributed by atoms with E-state index in [9.17, 15) is 9.59 Å². The van der Waals surface area contributed by atoms with Crippen molar-refractivity contribution >= 4 is 44.4 Å². The van der Waals surface area contributed by atoms with Crippen molar-refractivity contribution in [1.29, 1.82) is 0 Å². The van der Waals surface area contributed by atoms with Gasteiger partial charge in [0.25, 0.3) is 5.91 Å². The molecule has 0 saturated carbocycles. The molecule has 35 heavy (non-hydrogen) atoms. The number of nitrogens with one attached hydrogen (secondary N) is 4. The first-order chi connectivity index (χ1) is 17.0. The van der Waals surface area contributed by atoms with Gasteiger partial charge in [0.15, 0.2) is 5.13 Å². The maximum Gasteiger partial charge on any atom is 0.321 e. The number of hydrogen-bond acceptors (Lipinski definition) is 6. The topological polar surface area (TPSA) is 108 Å². The summed E-state index contributed by atoms with van der Waals surface area (Å²) in [5.74, 6) is -0.178. The summed E-state index contributed by atoms with van der Waals surface area (Å²) in [4.78, 5) is 35.1. The molecule has 0 aliphatic carbocycles. The number of pyridine rings is 1. The van der Waals surface area contributed by atoms with E-state index in [0.717, 1.165) is 48.4 Å². The Morgan fingerprint density at radius 3 is 2.63 bits per heavy atom. The Bertz CT molecular complexity index is 1380. The minimum absolute atomic E-state index is 0.172. The molecule has 4 N–H and O–H groups in total. The fraction of sp³-hybridized carbons (Fsp3) is 0.231. The van der Waals surface area contributed by atoms with Crippen LogP contribution in [0.3, 0.4) is 0 Å². The Morgan fingerprint density at radius 2 is 1.80 bits per heavy atom. The summed E-state index contributed by atoms with van der Waals surface area (Å²) in [6, 6.07) is 18.7. The smallest absolute Gasteiger partial charge is 0.321 e. The van der Waals surface area contributed by atoms with Crippen molar-refractivity contribution in [1.82, 2.24) is 20.6 Å². The molecule has 0 spiro atoms. The number of carbonyl (C=O) groups excluding carboxylic acids is 2. The zero-order valence-electron chi connectivity index (χ0n) is 19.3. The highest BCUT2D eigenvalue weighted by molar-refractivity contribution is 7.22. The number of fused-ring (bicyclic) bond motifs is 1. The van der Waals surface area contributed by atoms with Crippen LogP contribution in [-0.4, -0.2) is 41.0 Å². The number of thiazole rings is 1. The van der Waals surface area contributed by atoms with Gasteiger partial charge in [0.1, 0.15) is 10.3 Å². The molecule has 0 bridgehead atoms. The fourth-order valence-corrected chi connectivity index (χ4v) is 4.90. The maximum absolute atomic E-state index is 12.8. The Hall–Kier alpha value is -3.82. The van der Waals surface area contributed by atoms with Crippen LogP contribution in [0.1, 0.15) is 28.8 Å². The summed E-state index contributed by atoms with van der Waals surface area (Å²) < 4.78 is 0. The first kappa shape index (κ1) is 22.9. The number of aryl methyl sites for hydroxylation is 1. The van der Waals surface area contributed by atoms with Gasteiger partial charge in [-0.1, -0.05) is 35.6 Å². The van der Waals surface area contributed by atoms with Gasteiger partial charge in [-0.25, -0.2) is 14.8 Å². The lowest BCUT2D eigenvalue weighted by Gasteiger charge is -2.23. The van der Waals surface area contributed by atoms with Gasteiger partial charge in [-0.15, -0.1) is 0 Å². The second-order valence-electron chi connectivity index (χ2n) is 8.57. The summed E-state index contributed by atoms with van der Waals surface area (Å²) in [7, 11) is 0. The molecule has 8 nitrogen and oxygen atoms in total. The normalized spacial score (nSPS) is 14.0. The van der Waals surface area contributed by atoms with E-state index in [-0.39, 0.29) is 18.0 Å². The molecule has 2 aromatic carbocycles. The van der Waals surface area contributed by atoms with Gasteiger partial charge in [-0.05, 0) is 74.8 Å². The first-order valence-corrected chi connectivity index (χ1v) is 12.4. The quantitative estimate of drug-likeness (QED) is 0.324. The number of anilines is 2. The molecule has 178 valence electrons. The maximum atomic E-state index is 12.8. The number of rotatable bonds is 5. The summed E-state index contributed by atoms with van der Waals surface area (Å²) in [6.45, 7) is 3.81. The number of nitrogens with zero attached hydrogens (tertiary/aromatic N) is 2. The van der Waals surface area contributed by atoms with Crippen molar-refractivity contribution in [2.24, 2.45) is 0 Å². The van der Waals surface area contributed by atoms with Crippen LogP contribution in [0.25, 0.3) is 21.6 Å². The predicted octanol–water partition coefficient (Wildman–Crippen LogP) is 4.79. The van der Waals surface area contributed by atoms with E-state index in [1.165, 1.54) is 11.3 Å². The number of benzene rings is 2. The standard InChI is InChI=1S/C26H26N6O2S/c1-16-4-2-7-20(14-16)28-23(33)18-6-3-5-17(15-18)21-8-9-22-24(30-21)35-26(31-22)32-25(34)29-19-10-12-27-13-11-19/h2-9,14-15,19,27H,10-13H2,1H3,(H,28,33)(H2,29,31,32,34). The zero-order chi connectivity index (χ0) is 24.2. The lowest BCUT2D eigenvalue weighted by Crippen LogP contribution is -2.44. The molecule has 1 aliphatic rings. The average Bonchev–Trinajstić information content (AvgIpc) is 3.26. The summed E-state index contributed by atoms with van der Waals surface area (Å²) >= 11 is 1.32. The Labute approximate surface area is 207 Å². The van der Waals surface area contributed by atoms with Crippen LogP contribution in [-0.2, 0) is 0 Å². The Kier molecular flexibility index (Phi) is 6.69. The van der Waals surface area contributed by atoms with Crippen LogP contribution >= 0.6 is 11.3 Å². The van der Waals surface area contributed by atoms with Crippen molar-refractivity contribution in [3.05, 3.63) is 71.8 Å². The van der Waals surface area contributed by atoms with Crippen LogP contribution in [0.5, 0.6) is 0 Å². The lowest BCUT2D eigenvalue weighted by molar-refractivity contribution is 0.102. The molecule has 2 aromatic heterocycles. The number of hydrogen-bond donors (Lipinski definition) is 4. The van der Waals surface area contributed by atoms with Gasteiger partial charge in [-0.3, -0.25) is 10.1 Å². The third-order valence-corrected chi connectivity index (χ3v) is 6.73. The van der Waals surface area contributed by atoms with E-state index >= 15 is 0 Å². The molecule has 0 atom stereocenters. The number of piperidine rings is 1. The van der Waals surface area contributed by atoms with Gasteiger partial charge >= 0.3 is 6.03 Å². The first-order valence-electron chi connectivity index (χ1n) is 11.6. The van der Waals surface area contributed by atoms with Gasteiger partial charge in [0.05, 0.1) is 5.69 Å². The third kappa shape index (κ3) is 5.64. The molecular weight excluding hydrogens is 460 g/mol. The molecule has 1 fully saturated rings. The molecule has 1 saturated heterocycles. The predicted molar refractivity (Wildman–Crippen MR) is 140 cm³/mol. The minimum atomic E-state index is -0.247. The minimum Gasteiger partial charge on any atom is -0.335 e. The van der Waals surface area contributed by atoms with E-state index in [0.29, 0.717) is 21.0 Å². The van der Waals surface area contributed by atoms with Crippen LogP contribution in [0.15, 0.2) is 60.7 Å². The number of urea groups is 1. The summed E-state index contributed by atoms with van der Waals surface area (Å²) in [5.41, 5.74) is 4.66. The number of aromatic nitrogens is 2. The van der Waals surface area contributed by atoms with Crippen LogP contribution in [0, 0.1) is 6.92 Å². The van der Waals surface area contributed by atoms with Crippen molar-refractivity contribution < 1.29 is 9.59 Å². The molecule has 0 radical (unpaired) electrons. The molecule has 3 heterocycles. The second kappa shape index (κ2) is 10.2. The van der Waals surface area contributed by atoms with E-state index in [1.807, 2.05) is 61.5 Å². The summed E-state index contributed by atoms with van der Waals surface area (Å²) in [5, 5.41) is 12.6. The Balaban J connectivity index is 1.30. The van der Waals surface area contributed by atoms with Crippen LogP contribution < -0.4 is 21.3 Å². The molecule has 1 aliphatic heterocycles. The highest BCUT2D eigenvalue weighted by atomic mass is 32.1. The Morgan fingerprint density at radius 1 is 0.971 bits per heavy atom.